The highest BCUT2D eigenvalue weighted by Crippen LogP contribution is 2.23. The minimum absolute atomic E-state index is 0.0719. The summed E-state index contributed by atoms with van der Waals surface area (Å²) in [6.07, 6.45) is 2.97. The normalized spacial score (nSPS) is 11.9. The molecule has 0 fully saturated rings. The summed E-state index contributed by atoms with van der Waals surface area (Å²) in [6, 6.07) is 11.6. The van der Waals surface area contributed by atoms with Crippen LogP contribution in [0.3, 0.4) is 0 Å². The number of aromatic nitrogens is 1. The Hall–Kier alpha value is -2.56. The van der Waals surface area contributed by atoms with Gasteiger partial charge in [0.25, 0.3) is 5.91 Å². The first-order valence-electron chi connectivity index (χ1n) is 7.32. The fourth-order valence-electron chi connectivity index (χ4n) is 2.54. The molecule has 0 aliphatic rings. The molecule has 5 heteroatoms. The zero-order valence-corrected chi connectivity index (χ0v) is 12.9. The summed E-state index contributed by atoms with van der Waals surface area (Å²) in [5.74, 6) is -0.406. The number of benzene rings is 1. The quantitative estimate of drug-likeness (QED) is 0.860. The number of aryl methyl sites for hydroxylation is 1. The van der Waals surface area contributed by atoms with Crippen LogP contribution < -0.4 is 11.1 Å². The minimum atomic E-state index is -0.515. The van der Waals surface area contributed by atoms with Gasteiger partial charge in [0, 0.05) is 19.7 Å². The molecule has 0 aliphatic carbocycles. The fraction of sp³-hybridized carbons (Fsp3) is 0.294. The molecule has 3 N–H and O–H groups in total. The van der Waals surface area contributed by atoms with Crippen molar-refractivity contribution in [3.8, 4) is 0 Å². The van der Waals surface area contributed by atoms with Gasteiger partial charge in [0.2, 0.25) is 5.91 Å². The van der Waals surface area contributed by atoms with Gasteiger partial charge in [0.1, 0.15) is 5.69 Å². The number of nitrogens with two attached hydrogens (primary N) is 1. The third-order valence-electron chi connectivity index (χ3n) is 3.74. The first kappa shape index (κ1) is 15.8. The topological polar surface area (TPSA) is 77.1 Å². The largest absolute Gasteiger partial charge is 0.364 e. The highest BCUT2D eigenvalue weighted by atomic mass is 16.2. The van der Waals surface area contributed by atoms with Gasteiger partial charge in [-0.2, -0.15) is 0 Å². The maximum absolute atomic E-state index is 12.2. The van der Waals surface area contributed by atoms with Gasteiger partial charge in [-0.05, 0) is 24.0 Å². The second-order valence-corrected chi connectivity index (χ2v) is 5.36. The lowest BCUT2D eigenvalue weighted by Gasteiger charge is -2.14. The van der Waals surface area contributed by atoms with E-state index in [2.05, 4.69) is 12.2 Å². The third-order valence-corrected chi connectivity index (χ3v) is 3.74. The molecule has 0 saturated carbocycles. The molecule has 116 valence electrons. The lowest BCUT2D eigenvalue weighted by molar-refractivity contribution is -0.116. The summed E-state index contributed by atoms with van der Waals surface area (Å²) in [6.45, 7) is 2.07. The van der Waals surface area contributed by atoms with Crippen molar-refractivity contribution in [2.45, 2.75) is 25.7 Å². The van der Waals surface area contributed by atoms with Crippen LogP contribution in [0, 0.1) is 0 Å². The van der Waals surface area contributed by atoms with Gasteiger partial charge >= 0.3 is 0 Å². The molecule has 0 radical (unpaired) electrons. The van der Waals surface area contributed by atoms with Gasteiger partial charge in [-0.15, -0.1) is 0 Å². The Morgan fingerprint density at radius 2 is 1.95 bits per heavy atom. The van der Waals surface area contributed by atoms with E-state index in [4.69, 9.17) is 5.73 Å². The van der Waals surface area contributed by atoms with Crippen molar-refractivity contribution in [1.29, 1.82) is 0 Å². The first-order valence-corrected chi connectivity index (χ1v) is 7.32. The molecule has 1 aromatic heterocycles. The van der Waals surface area contributed by atoms with Gasteiger partial charge in [0.15, 0.2) is 0 Å². The average Bonchev–Trinajstić information content (AvgIpc) is 2.86. The fourth-order valence-corrected chi connectivity index (χ4v) is 2.54. The van der Waals surface area contributed by atoms with E-state index in [9.17, 15) is 9.59 Å². The number of hydrogen-bond donors (Lipinski definition) is 2. The zero-order chi connectivity index (χ0) is 16.1. The smallest absolute Gasteiger partial charge is 0.265 e. The number of nitrogens with one attached hydrogen (secondary N) is 1. The van der Waals surface area contributed by atoms with Crippen molar-refractivity contribution < 1.29 is 9.59 Å². The van der Waals surface area contributed by atoms with Crippen LogP contribution in [0.15, 0.2) is 42.6 Å². The molecular weight excluding hydrogens is 278 g/mol. The number of primary amides is 1. The van der Waals surface area contributed by atoms with Crippen LogP contribution >= 0.6 is 0 Å². The van der Waals surface area contributed by atoms with Gasteiger partial charge in [-0.25, -0.2) is 0 Å². The summed E-state index contributed by atoms with van der Waals surface area (Å²) in [5, 5.41) is 2.83. The Bertz CT molecular complexity index is 662. The number of anilines is 1. The summed E-state index contributed by atoms with van der Waals surface area (Å²) in [4.78, 5) is 23.4. The molecule has 22 heavy (non-hydrogen) atoms. The Morgan fingerprint density at radius 3 is 2.50 bits per heavy atom. The van der Waals surface area contributed by atoms with Crippen LogP contribution in [0.4, 0.5) is 5.69 Å². The van der Waals surface area contributed by atoms with E-state index < -0.39 is 5.91 Å². The third kappa shape index (κ3) is 3.75. The molecule has 0 aliphatic heterocycles. The predicted molar refractivity (Wildman–Crippen MR) is 86.7 cm³/mol. The van der Waals surface area contributed by atoms with Crippen LogP contribution in [0.25, 0.3) is 0 Å². The Kier molecular flexibility index (Phi) is 4.99. The van der Waals surface area contributed by atoms with Gasteiger partial charge in [-0.3, -0.25) is 9.59 Å². The van der Waals surface area contributed by atoms with Gasteiger partial charge < -0.3 is 15.6 Å². The molecule has 0 bridgehead atoms. The van der Waals surface area contributed by atoms with E-state index in [0.29, 0.717) is 17.8 Å². The van der Waals surface area contributed by atoms with Crippen LogP contribution in [-0.4, -0.2) is 16.4 Å². The number of rotatable bonds is 6. The summed E-state index contributed by atoms with van der Waals surface area (Å²) >= 11 is 0. The van der Waals surface area contributed by atoms with E-state index in [-0.39, 0.29) is 11.8 Å². The molecule has 0 saturated heterocycles. The molecule has 1 atom stereocenters. The summed E-state index contributed by atoms with van der Waals surface area (Å²) < 4.78 is 1.60. The van der Waals surface area contributed by atoms with E-state index in [1.54, 1.807) is 23.9 Å². The van der Waals surface area contributed by atoms with Crippen molar-refractivity contribution in [2.75, 3.05) is 5.32 Å². The van der Waals surface area contributed by atoms with Gasteiger partial charge in [-0.1, -0.05) is 37.3 Å². The summed E-state index contributed by atoms with van der Waals surface area (Å²) in [7, 11) is 1.72. The lowest BCUT2D eigenvalue weighted by atomic mass is 9.93. The van der Waals surface area contributed by atoms with Crippen LogP contribution in [0.2, 0.25) is 0 Å². The molecule has 2 rings (SSSR count). The molecule has 0 unspecified atom stereocenters. The van der Waals surface area contributed by atoms with Crippen molar-refractivity contribution in [2.24, 2.45) is 12.8 Å². The van der Waals surface area contributed by atoms with Crippen LogP contribution in [0.1, 0.15) is 41.7 Å². The second-order valence-electron chi connectivity index (χ2n) is 5.36. The molecule has 5 nitrogen and oxygen atoms in total. The van der Waals surface area contributed by atoms with E-state index in [0.717, 1.165) is 12.0 Å². The van der Waals surface area contributed by atoms with Crippen molar-refractivity contribution in [1.82, 2.24) is 4.57 Å². The Morgan fingerprint density at radius 1 is 1.27 bits per heavy atom. The highest BCUT2D eigenvalue weighted by Gasteiger charge is 2.15. The molecule has 2 amide bonds. The predicted octanol–water partition coefficient (Wildman–Crippen LogP) is 2.65. The first-order chi connectivity index (χ1) is 10.5. The SMILES string of the molecule is CC[C@@H](CC(=O)Nc1cc(C(N)=O)n(C)c1)c1ccccc1. The Labute approximate surface area is 130 Å². The van der Waals surface area contributed by atoms with E-state index in [1.807, 2.05) is 30.3 Å². The maximum Gasteiger partial charge on any atom is 0.265 e. The van der Waals surface area contributed by atoms with Crippen molar-refractivity contribution in [3.63, 3.8) is 0 Å². The number of hydrogen-bond acceptors (Lipinski definition) is 2. The number of amides is 2. The number of carbonyl (C=O) groups excluding carboxylic acids is 2. The monoisotopic (exact) mass is 299 g/mol. The number of nitrogens with zero attached hydrogens (tertiary/aromatic N) is 1. The molecular formula is C17H21N3O2. The average molecular weight is 299 g/mol. The van der Waals surface area contributed by atoms with Crippen LogP contribution in [-0.2, 0) is 11.8 Å². The number of carbonyl (C=O) groups is 2. The van der Waals surface area contributed by atoms with Crippen molar-refractivity contribution >= 4 is 17.5 Å². The standard InChI is InChI=1S/C17H21N3O2/c1-3-12(13-7-5-4-6-8-13)9-16(21)19-14-10-15(17(18)22)20(2)11-14/h4-8,10-12H,3,9H2,1-2H3,(H2,18,22)(H,19,21)/t12-/m0/s1. The highest BCUT2D eigenvalue weighted by molar-refractivity contribution is 5.95. The molecule has 1 aromatic carbocycles. The maximum atomic E-state index is 12.2. The molecule has 2 aromatic rings. The van der Waals surface area contributed by atoms with E-state index in [1.165, 1.54) is 0 Å². The molecule has 0 spiro atoms. The molecule has 1 heterocycles. The van der Waals surface area contributed by atoms with Crippen LogP contribution in [0.5, 0.6) is 0 Å². The lowest BCUT2D eigenvalue weighted by Crippen LogP contribution is -2.15. The van der Waals surface area contributed by atoms with E-state index >= 15 is 0 Å². The minimum Gasteiger partial charge on any atom is -0.364 e. The summed E-state index contributed by atoms with van der Waals surface area (Å²) in [5.41, 5.74) is 7.38. The second kappa shape index (κ2) is 6.93. The zero-order valence-electron chi connectivity index (χ0n) is 12.9. The Balaban J connectivity index is 2.03. The van der Waals surface area contributed by atoms with Crippen molar-refractivity contribution in [3.05, 3.63) is 53.9 Å². The van der Waals surface area contributed by atoms with Gasteiger partial charge in [0.05, 0.1) is 5.69 Å².